The summed E-state index contributed by atoms with van der Waals surface area (Å²) in [5.74, 6) is 1.37. The molecule has 2 rings (SSSR count). The van der Waals surface area contributed by atoms with Crippen LogP contribution in [0.4, 0.5) is 23.1 Å². The molecule has 1 aromatic heterocycles. The minimum Gasteiger partial charge on any atom is -0.372 e. The Hall–Kier alpha value is -2.37. The highest BCUT2D eigenvalue weighted by molar-refractivity contribution is 5.64. The van der Waals surface area contributed by atoms with Crippen molar-refractivity contribution in [2.75, 3.05) is 41.3 Å². The maximum atomic E-state index is 4.57. The topological polar surface area (TPSA) is 57.2 Å². The molecule has 0 unspecified atom stereocenters. The Morgan fingerprint density at radius 2 is 1.62 bits per heavy atom. The monoisotopic (exact) mass is 328 g/mol. The summed E-state index contributed by atoms with van der Waals surface area (Å²) in [6, 6.07) is 6.40. The molecule has 1 heterocycles. The molecule has 6 nitrogen and oxygen atoms in total. The highest BCUT2D eigenvalue weighted by Crippen LogP contribution is 2.24. The Morgan fingerprint density at radius 1 is 0.958 bits per heavy atom. The predicted molar refractivity (Wildman–Crippen MR) is 101 cm³/mol. The SMILES string of the molecule is CCN(CC)c1ccc(Nc2nncc(N(CC)CC)n2)c(C)c1. The summed E-state index contributed by atoms with van der Waals surface area (Å²) in [5, 5.41) is 11.5. The van der Waals surface area contributed by atoms with E-state index in [1.807, 2.05) is 0 Å². The molecular formula is C18H28N6. The summed E-state index contributed by atoms with van der Waals surface area (Å²) in [7, 11) is 0. The van der Waals surface area contributed by atoms with Gasteiger partial charge in [0.25, 0.3) is 0 Å². The van der Waals surface area contributed by atoms with Crippen molar-refractivity contribution in [2.24, 2.45) is 0 Å². The van der Waals surface area contributed by atoms with E-state index in [1.165, 1.54) is 5.69 Å². The molecule has 0 radical (unpaired) electrons. The molecule has 0 spiro atoms. The molecule has 0 bridgehead atoms. The molecule has 0 aliphatic heterocycles. The standard InChI is InChI=1S/C18H28N6/c1-6-23(7-2)15-10-11-16(14(5)12-15)20-18-21-17(13-19-22-18)24(8-3)9-4/h10-13H,6-9H2,1-5H3,(H,20,21,22). The van der Waals surface area contributed by atoms with Gasteiger partial charge in [-0.25, -0.2) is 0 Å². The van der Waals surface area contributed by atoms with Crippen LogP contribution in [0.25, 0.3) is 0 Å². The van der Waals surface area contributed by atoms with Gasteiger partial charge in [-0.05, 0) is 58.4 Å². The van der Waals surface area contributed by atoms with E-state index in [2.05, 4.69) is 83.1 Å². The number of benzene rings is 1. The second-order valence-electron chi connectivity index (χ2n) is 5.61. The van der Waals surface area contributed by atoms with Gasteiger partial charge in [-0.15, -0.1) is 5.10 Å². The largest absolute Gasteiger partial charge is 0.372 e. The van der Waals surface area contributed by atoms with Crippen LogP contribution in [-0.2, 0) is 0 Å². The molecule has 0 amide bonds. The molecule has 1 N–H and O–H groups in total. The fourth-order valence-electron chi connectivity index (χ4n) is 2.74. The van der Waals surface area contributed by atoms with Crippen LogP contribution in [0, 0.1) is 6.92 Å². The van der Waals surface area contributed by atoms with Crippen molar-refractivity contribution in [2.45, 2.75) is 34.6 Å². The molecule has 0 aliphatic carbocycles. The van der Waals surface area contributed by atoms with Gasteiger partial charge in [-0.2, -0.15) is 10.1 Å². The van der Waals surface area contributed by atoms with Gasteiger partial charge in [-0.1, -0.05) is 0 Å². The molecule has 6 heteroatoms. The summed E-state index contributed by atoms with van der Waals surface area (Å²) >= 11 is 0. The molecule has 0 aliphatic rings. The van der Waals surface area contributed by atoms with Gasteiger partial charge in [0.15, 0.2) is 5.82 Å². The van der Waals surface area contributed by atoms with Crippen LogP contribution in [0.15, 0.2) is 24.4 Å². The summed E-state index contributed by atoms with van der Waals surface area (Å²) < 4.78 is 0. The van der Waals surface area contributed by atoms with Crippen molar-refractivity contribution in [3.63, 3.8) is 0 Å². The molecule has 130 valence electrons. The number of rotatable bonds is 8. The van der Waals surface area contributed by atoms with Crippen molar-refractivity contribution in [3.8, 4) is 0 Å². The third kappa shape index (κ3) is 4.13. The molecule has 24 heavy (non-hydrogen) atoms. The highest BCUT2D eigenvalue weighted by atomic mass is 15.3. The molecule has 2 aromatic rings. The summed E-state index contributed by atoms with van der Waals surface area (Å²) in [6.07, 6.45) is 1.70. The zero-order valence-corrected chi connectivity index (χ0v) is 15.4. The van der Waals surface area contributed by atoms with E-state index in [-0.39, 0.29) is 0 Å². The first-order valence-electron chi connectivity index (χ1n) is 8.70. The molecule has 1 aromatic carbocycles. The lowest BCUT2D eigenvalue weighted by Crippen LogP contribution is -2.23. The Morgan fingerprint density at radius 3 is 2.21 bits per heavy atom. The van der Waals surface area contributed by atoms with E-state index in [1.54, 1.807) is 6.20 Å². The quantitative estimate of drug-likeness (QED) is 0.799. The van der Waals surface area contributed by atoms with E-state index < -0.39 is 0 Å². The van der Waals surface area contributed by atoms with Gasteiger partial charge in [-0.3, -0.25) is 0 Å². The number of hydrogen-bond acceptors (Lipinski definition) is 6. The average molecular weight is 328 g/mol. The first-order valence-corrected chi connectivity index (χ1v) is 8.70. The van der Waals surface area contributed by atoms with Crippen molar-refractivity contribution >= 4 is 23.1 Å². The number of nitrogens with zero attached hydrogens (tertiary/aromatic N) is 5. The van der Waals surface area contributed by atoms with Crippen molar-refractivity contribution in [1.29, 1.82) is 0 Å². The van der Waals surface area contributed by atoms with E-state index in [0.717, 1.165) is 43.2 Å². The van der Waals surface area contributed by atoms with Crippen LogP contribution in [0.1, 0.15) is 33.3 Å². The predicted octanol–water partition coefficient (Wildman–Crippen LogP) is 3.62. The molecule has 0 saturated carbocycles. The van der Waals surface area contributed by atoms with E-state index in [9.17, 15) is 0 Å². The van der Waals surface area contributed by atoms with Gasteiger partial charge >= 0.3 is 0 Å². The van der Waals surface area contributed by atoms with Crippen molar-refractivity contribution < 1.29 is 0 Å². The third-order valence-corrected chi connectivity index (χ3v) is 4.22. The number of anilines is 4. The van der Waals surface area contributed by atoms with E-state index in [4.69, 9.17) is 0 Å². The minimum atomic E-state index is 0.526. The fourth-order valence-corrected chi connectivity index (χ4v) is 2.74. The Bertz CT molecular complexity index is 650. The highest BCUT2D eigenvalue weighted by Gasteiger charge is 2.09. The van der Waals surface area contributed by atoms with Gasteiger partial charge in [0.2, 0.25) is 5.95 Å². The second kappa shape index (κ2) is 8.47. The van der Waals surface area contributed by atoms with Crippen molar-refractivity contribution in [1.82, 2.24) is 15.2 Å². The fraction of sp³-hybridized carbons (Fsp3) is 0.500. The average Bonchev–Trinajstić information content (AvgIpc) is 2.60. The number of aromatic nitrogens is 3. The van der Waals surface area contributed by atoms with Crippen LogP contribution < -0.4 is 15.1 Å². The lowest BCUT2D eigenvalue weighted by Gasteiger charge is -2.22. The summed E-state index contributed by atoms with van der Waals surface area (Å²) in [5.41, 5.74) is 3.40. The summed E-state index contributed by atoms with van der Waals surface area (Å²) in [6.45, 7) is 14.4. The molecule has 0 atom stereocenters. The van der Waals surface area contributed by atoms with Crippen molar-refractivity contribution in [3.05, 3.63) is 30.0 Å². The van der Waals surface area contributed by atoms with Crippen LogP contribution in [0.3, 0.4) is 0 Å². The second-order valence-corrected chi connectivity index (χ2v) is 5.61. The van der Waals surface area contributed by atoms with Gasteiger partial charge < -0.3 is 15.1 Å². The maximum absolute atomic E-state index is 4.57. The smallest absolute Gasteiger partial charge is 0.249 e. The summed E-state index contributed by atoms with van der Waals surface area (Å²) in [4.78, 5) is 9.05. The van der Waals surface area contributed by atoms with Gasteiger partial charge in [0.05, 0.1) is 6.20 Å². The Kier molecular flexibility index (Phi) is 6.35. The first kappa shape index (κ1) is 18.0. The molecule has 0 fully saturated rings. The zero-order valence-electron chi connectivity index (χ0n) is 15.4. The number of hydrogen-bond donors (Lipinski definition) is 1. The Labute approximate surface area is 144 Å². The molecular weight excluding hydrogens is 300 g/mol. The van der Waals surface area contributed by atoms with E-state index in [0.29, 0.717) is 5.95 Å². The van der Waals surface area contributed by atoms with Crippen LogP contribution in [-0.4, -0.2) is 41.4 Å². The Balaban J connectivity index is 2.21. The third-order valence-electron chi connectivity index (χ3n) is 4.22. The minimum absolute atomic E-state index is 0.526. The first-order chi connectivity index (χ1) is 11.6. The maximum Gasteiger partial charge on any atom is 0.249 e. The normalized spacial score (nSPS) is 10.5. The van der Waals surface area contributed by atoms with E-state index >= 15 is 0 Å². The van der Waals surface area contributed by atoms with Gasteiger partial charge in [0, 0.05) is 37.6 Å². The zero-order chi connectivity index (χ0) is 17.5. The number of aryl methyl sites for hydroxylation is 1. The lowest BCUT2D eigenvalue weighted by atomic mass is 10.1. The lowest BCUT2D eigenvalue weighted by molar-refractivity contribution is 0.826. The van der Waals surface area contributed by atoms with Gasteiger partial charge in [0.1, 0.15) is 0 Å². The van der Waals surface area contributed by atoms with Crippen LogP contribution in [0.5, 0.6) is 0 Å². The molecule has 0 saturated heterocycles. The van der Waals surface area contributed by atoms with Crippen LogP contribution in [0.2, 0.25) is 0 Å². The van der Waals surface area contributed by atoms with Crippen LogP contribution >= 0.6 is 0 Å². The number of nitrogens with one attached hydrogen (secondary N) is 1.